The van der Waals surface area contributed by atoms with Crippen LogP contribution < -0.4 is 5.32 Å². The maximum atomic E-state index is 11.8. The van der Waals surface area contributed by atoms with Crippen LogP contribution >= 0.6 is 11.8 Å². The number of rotatable bonds is 7. The highest BCUT2D eigenvalue weighted by molar-refractivity contribution is 8.01. The number of aliphatic carboxylic acids is 1. The number of nitrogens with zero attached hydrogens (tertiary/aromatic N) is 1. The van der Waals surface area contributed by atoms with Crippen molar-refractivity contribution in [2.75, 3.05) is 5.75 Å². The first-order chi connectivity index (χ1) is 8.80. The fraction of sp³-hybridized carbons (Fsp3) is 0.769. The van der Waals surface area contributed by atoms with Crippen LogP contribution in [0.4, 0.5) is 0 Å². The maximum Gasteiger partial charge on any atom is 0.316 e. The van der Waals surface area contributed by atoms with Gasteiger partial charge in [0.25, 0.3) is 0 Å². The number of carboxylic acids is 1. The van der Waals surface area contributed by atoms with Crippen molar-refractivity contribution in [3.05, 3.63) is 0 Å². The fourth-order valence-electron chi connectivity index (χ4n) is 1.92. The largest absolute Gasteiger partial charge is 0.480 e. The molecule has 0 aromatic rings. The summed E-state index contributed by atoms with van der Waals surface area (Å²) in [5.41, 5.74) is -0.811. The lowest BCUT2D eigenvalue weighted by molar-refractivity contribution is -0.137. The van der Waals surface area contributed by atoms with Crippen molar-refractivity contribution >= 4 is 23.6 Å². The van der Waals surface area contributed by atoms with Crippen molar-refractivity contribution < 1.29 is 14.7 Å². The average molecular weight is 284 g/mol. The molecule has 0 spiro atoms. The number of hydrogen-bond donors (Lipinski definition) is 2. The molecule has 0 aromatic heterocycles. The number of carboxylic acid groups (broad SMARTS) is 1. The van der Waals surface area contributed by atoms with Crippen LogP contribution in [0.25, 0.3) is 0 Å². The smallest absolute Gasteiger partial charge is 0.316 e. The zero-order chi connectivity index (χ0) is 14.6. The van der Waals surface area contributed by atoms with E-state index in [0.29, 0.717) is 0 Å². The lowest BCUT2D eigenvalue weighted by atomic mass is 9.98. The van der Waals surface area contributed by atoms with E-state index in [-0.39, 0.29) is 23.5 Å². The fourth-order valence-corrected chi connectivity index (χ4v) is 2.85. The van der Waals surface area contributed by atoms with Crippen LogP contribution in [0.2, 0.25) is 0 Å². The monoisotopic (exact) mass is 284 g/mol. The number of nitriles is 1. The lowest BCUT2D eigenvalue weighted by Crippen LogP contribution is -2.47. The topological polar surface area (TPSA) is 90.2 Å². The van der Waals surface area contributed by atoms with Crippen molar-refractivity contribution in [2.45, 2.75) is 44.4 Å². The Labute approximate surface area is 117 Å². The number of carbonyl (C=O) groups is 2. The molecule has 2 N–H and O–H groups in total. The van der Waals surface area contributed by atoms with Crippen molar-refractivity contribution in [1.29, 1.82) is 5.26 Å². The first-order valence-electron chi connectivity index (χ1n) is 6.37. The Morgan fingerprint density at radius 3 is 2.47 bits per heavy atom. The van der Waals surface area contributed by atoms with Gasteiger partial charge in [0.05, 0.1) is 11.8 Å². The molecule has 1 fully saturated rings. The number of carbonyl (C=O) groups excluding carboxylic acids is 1. The number of thioether (sulfide) groups is 1. The molecule has 0 bridgehead atoms. The van der Waals surface area contributed by atoms with E-state index in [1.807, 2.05) is 13.8 Å². The van der Waals surface area contributed by atoms with Gasteiger partial charge in [0.15, 0.2) is 0 Å². The summed E-state index contributed by atoms with van der Waals surface area (Å²) in [6.45, 7) is 5.35. The minimum absolute atomic E-state index is 0.0407. The molecule has 1 aliphatic carbocycles. The van der Waals surface area contributed by atoms with Gasteiger partial charge in [-0.05, 0) is 31.6 Å². The normalized spacial score (nSPS) is 19.3. The zero-order valence-corrected chi connectivity index (χ0v) is 12.3. The van der Waals surface area contributed by atoms with E-state index in [1.165, 1.54) is 0 Å². The summed E-state index contributed by atoms with van der Waals surface area (Å²) < 4.78 is 0. The molecule has 106 valence electrons. The summed E-state index contributed by atoms with van der Waals surface area (Å²) in [5.74, 6) is -0.919. The Morgan fingerprint density at radius 1 is 1.53 bits per heavy atom. The van der Waals surface area contributed by atoms with E-state index in [2.05, 4.69) is 11.4 Å². The SMILES string of the molecule is CC(C)C(SCC(=O)NC(C)(C#N)C1CC1)C(=O)O. The summed E-state index contributed by atoms with van der Waals surface area (Å²) in [6.07, 6.45) is 1.92. The second-order valence-electron chi connectivity index (χ2n) is 5.45. The van der Waals surface area contributed by atoms with Crippen molar-refractivity contribution in [3.8, 4) is 6.07 Å². The maximum absolute atomic E-state index is 11.8. The summed E-state index contributed by atoms with van der Waals surface area (Å²) in [6, 6.07) is 2.15. The van der Waals surface area contributed by atoms with Crippen molar-refractivity contribution in [1.82, 2.24) is 5.32 Å². The molecule has 1 saturated carbocycles. The highest BCUT2D eigenvalue weighted by Crippen LogP contribution is 2.39. The number of hydrogen-bond acceptors (Lipinski definition) is 4. The standard InChI is InChI=1S/C13H20N2O3S/c1-8(2)11(12(17)18)19-6-10(16)15-13(3,7-14)9-4-5-9/h8-9,11H,4-6H2,1-3H3,(H,15,16)(H,17,18). The van der Waals surface area contributed by atoms with Gasteiger partial charge in [0, 0.05) is 0 Å². The summed E-state index contributed by atoms with van der Waals surface area (Å²) in [5, 5.41) is 20.3. The van der Waals surface area contributed by atoms with E-state index < -0.39 is 16.8 Å². The van der Waals surface area contributed by atoms with Crippen LogP contribution in [0.3, 0.4) is 0 Å². The molecular weight excluding hydrogens is 264 g/mol. The predicted octanol–water partition coefficient (Wildman–Crippen LogP) is 1.64. The van der Waals surface area contributed by atoms with Gasteiger partial charge < -0.3 is 10.4 Å². The third kappa shape index (κ3) is 4.43. The van der Waals surface area contributed by atoms with Gasteiger partial charge in [-0.15, -0.1) is 11.8 Å². The summed E-state index contributed by atoms with van der Waals surface area (Å²) in [7, 11) is 0. The van der Waals surface area contributed by atoms with Crippen LogP contribution in [-0.4, -0.2) is 33.5 Å². The molecule has 2 atom stereocenters. The first kappa shape index (κ1) is 15.8. The molecule has 0 aromatic carbocycles. The second kappa shape index (κ2) is 6.29. The molecule has 0 aliphatic heterocycles. The van der Waals surface area contributed by atoms with Crippen molar-refractivity contribution in [2.24, 2.45) is 11.8 Å². The van der Waals surface area contributed by atoms with E-state index in [1.54, 1.807) is 6.92 Å². The summed E-state index contributed by atoms with van der Waals surface area (Å²) in [4.78, 5) is 22.8. The van der Waals surface area contributed by atoms with Crippen LogP contribution in [0.5, 0.6) is 0 Å². The molecule has 1 rings (SSSR count). The van der Waals surface area contributed by atoms with Gasteiger partial charge in [-0.2, -0.15) is 5.26 Å². The van der Waals surface area contributed by atoms with Gasteiger partial charge in [0.1, 0.15) is 10.8 Å². The highest BCUT2D eigenvalue weighted by atomic mass is 32.2. The molecule has 6 heteroatoms. The predicted molar refractivity (Wildman–Crippen MR) is 73.6 cm³/mol. The van der Waals surface area contributed by atoms with Gasteiger partial charge in [0.2, 0.25) is 5.91 Å². The van der Waals surface area contributed by atoms with Crippen molar-refractivity contribution in [3.63, 3.8) is 0 Å². The van der Waals surface area contributed by atoms with Crippen LogP contribution in [0.15, 0.2) is 0 Å². The average Bonchev–Trinajstić information content (AvgIpc) is 3.11. The minimum atomic E-state index is -0.905. The van der Waals surface area contributed by atoms with Crippen LogP contribution in [0.1, 0.15) is 33.6 Å². The third-order valence-corrected chi connectivity index (χ3v) is 4.80. The molecule has 0 saturated heterocycles. The third-order valence-electron chi connectivity index (χ3n) is 3.27. The van der Waals surface area contributed by atoms with Gasteiger partial charge in [-0.25, -0.2) is 0 Å². The van der Waals surface area contributed by atoms with Gasteiger partial charge >= 0.3 is 5.97 Å². The Hall–Kier alpha value is -1.22. The zero-order valence-electron chi connectivity index (χ0n) is 11.5. The Morgan fingerprint density at radius 2 is 2.11 bits per heavy atom. The van der Waals surface area contributed by atoms with E-state index in [0.717, 1.165) is 24.6 Å². The van der Waals surface area contributed by atoms with Gasteiger partial charge in [-0.3, -0.25) is 9.59 Å². The van der Waals surface area contributed by atoms with Crippen LogP contribution in [-0.2, 0) is 9.59 Å². The first-order valence-corrected chi connectivity index (χ1v) is 7.41. The lowest BCUT2D eigenvalue weighted by Gasteiger charge is -2.23. The van der Waals surface area contributed by atoms with Gasteiger partial charge in [-0.1, -0.05) is 13.8 Å². The number of nitrogens with one attached hydrogen (secondary N) is 1. The quantitative estimate of drug-likeness (QED) is 0.741. The molecule has 0 radical (unpaired) electrons. The Balaban J connectivity index is 2.47. The molecule has 0 heterocycles. The summed E-state index contributed by atoms with van der Waals surface area (Å²) >= 11 is 1.11. The minimum Gasteiger partial charge on any atom is -0.480 e. The molecule has 19 heavy (non-hydrogen) atoms. The number of amides is 1. The molecular formula is C13H20N2O3S. The molecule has 5 nitrogen and oxygen atoms in total. The second-order valence-corrected chi connectivity index (χ2v) is 6.58. The van der Waals surface area contributed by atoms with Crippen LogP contribution in [0, 0.1) is 23.2 Å². The highest BCUT2D eigenvalue weighted by Gasteiger charge is 2.43. The Kier molecular flexibility index (Phi) is 5.24. The molecule has 2 unspecified atom stereocenters. The van der Waals surface area contributed by atoms with E-state index in [4.69, 9.17) is 10.4 Å². The van der Waals surface area contributed by atoms with E-state index in [9.17, 15) is 9.59 Å². The molecule has 1 amide bonds. The van der Waals surface area contributed by atoms with E-state index >= 15 is 0 Å². The Bertz CT molecular complexity index is 401. The molecule has 1 aliphatic rings.